The van der Waals surface area contributed by atoms with Crippen molar-refractivity contribution in [2.24, 2.45) is 4.99 Å². The van der Waals surface area contributed by atoms with Gasteiger partial charge in [0.15, 0.2) is 15.8 Å². The second kappa shape index (κ2) is 8.90. The molecule has 2 rings (SSSR count). The van der Waals surface area contributed by atoms with Gasteiger partial charge in [-0.05, 0) is 29.8 Å². The van der Waals surface area contributed by atoms with Crippen molar-refractivity contribution in [1.29, 1.82) is 0 Å². The Balaban J connectivity index is 1.88. The summed E-state index contributed by atoms with van der Waals surface area (Å²) in [5.41, 5.74) is -0.289. The molecule has 0 bridgehead atoms. The van der Waals surface area contributed by atoms with Gasteiger partial charge in [-0.1, -0.05) is 30.3 Å². The molecule has 2 N–H and O–H groups in total. The first kappa shape index (κ1) is 20.8. The van der Waals surface area contributed by atoms with E-state index in [2.05, 4.69) is 15.6 Å². The van der Waals surface area contributed by atoms with Crippen molar-refractivity contribution in [2.75, 3.05) is 19.3 Å². The van der Waals surface area contributed by atoms with E-state index in [1.165, 1.54) is 25.2 Å². The molecule has 0 fully saturated rings. The van der Waals surface area contributed by atoms with E-state index in [1.54, 1.807) is 24.3 Å². The molecule has 0 amide bonds. The van der Waals surface area contributed by atoms with E-state index < -0.39 is 21.6 Å². The van der Waals surface area contributed by atoms with Gasteiger partial charge in [0, 0.05) is 20.1 Å². The SMILES string of the molecule is CN=C(NCCS(=O)(=O)c1ccccc1)NCc1cccc(C(F)(F)F)c1. The van der Waals surface area contributed by atoms with Gasteiger partial charge in [0.05, 0.1) is 16.2 Å². The van der Waals surface area contributed by atoms with Gasteiger partial charge >= 0.3 is 6.18 Å². The highest BCUT2D eigenvalue weighted by molar-refractivity contribution is 7.91. The fourth-order valence-electron chi connectivity index (χ4n) is 2.31. The van der Waals surface area contributed by atoms with Crippen molar-refractivity contribution < 1.29 is 21.6 Å². The Hall–Kier alpha value is -2.55. The number of hydrogen-bond acceptors (Lipinski definition) is 3. The monoisotopic (exact) mass is 399 g/mol. The molecule has 0 radical (unpaired) electrons. The molecule has 9 heteroatoms. The molecule has 0 aliphatic heterocycles. The molecule has 0 aromatic heterocycles. The van der Waals surface area contributed by atoms with Gasteiger partial charge in [0.25, 0.3) is 0 Å². The van der Waals surface area contributed by atoms with Crippen molar-refractivity contribution in [3.63, 3.8) is 0 Å². The van der Waals surface area contributed by atoms with Gasteiger partial charge in [0.2, 0.25) is 0 Å². The molecule has 146 valence electrons. The lowest BCUT2D eigenvalue weighted by Gasteiger charge is -2.13. The average Bonchev–Trinajstić information content (AvgIpc) is 2.64. The number of alkyl halides is 3. The average molecular weight is 399 g/mol. The molecule has 0 saturated carbocycles. The third kappa shape index (κ3) is 6.28. The molecule has 27 heavy (non-hydrogen) atoms. The second-order valence-corrected chi connectivity index (χ2v) is 7.79. The first-order valence-corrected chi connectivity index (χ1v) is 9.76. The van der Waals surface area contributed by atoms with E-state index in [0.717, 1.165) is 12.1 Å². The van der Waals surface area contributed by atoms with Gasteiger partial charge in [-0.2, -0.15) is 13.2 Å². The number of guanidine groups is 1. The Kier molecular flexibility index (Phi) is 6.84. The van der Waals surface area contributed by atoms with Gasteiger partial charge < -0.3 is 10.6 Å². The molecule has 2 aromatic carbocycles. The zero-order valence-corrected chi connectivity index (χ0v) is 15.4. The van der Waals surface area contributed by atoms with Crippen LogP contribution in [0.2, 0.25) is 0 Å². The standard InChI is InChI=1S/C18H20F3N3O2S/c1-22-17(23-10-11-27(25,26)16-8-3-2-4-9-16)24-13-14-6-5-7-15(12-14)18(19,20)21/h2-9,12H,10-11,13H2,1H3,(H2,22,23,24). The Labute approximate surface area is 156 Å². The van der Waals surface area contributed by atoms with Crippen LogP contribution >= 0.6 is 0 Å². The molecular formula is C18H20F3N3O2S. The number of rotatable bonds is 6. The maximum Gasteiger partial charge on any atom is 0.416 e. The van der Waals surface area contributed by atoms with Gasteiger partial charge in [-0.25, -0.2) is 8.42 Å². The van der Waals surface area contributed by atoms with E-state index in [4.69, 9.17) is 0 Å². The maximum absolute atomic E-state index is 12.7. The molecule has 0 saturated heterocycles. The van der Waals surface area contributed by atoms with E-state index in [9.17, 15) is 21.6 Å². The zero-order chi connectivity index (χ0) is 19.9. The third-order valence-corrected chi connectivity index (χ3v) is 5.44. The van der Waals surface area contributed by atoms with Crippen molar-refractivity contribution >= 4 is 15.8 Å². The van der Waals surface area contributed by atoms with Crippen molar-refractivity contribution in [2.45, 2.75) is 17.6 Å². The number of nitrogens with zero attached hydrogens (tertiary/aromatic N) is 1. The maximum atomic E-state index is 12.7. The highest BCUT2D eigenvalue weighted by atomic mass is 32.2. The van der Waals surface area contributed by atoms with E-state index in [-0.39, 0.29) is 23.7 Å². The first-order valence-electron chi connectivity index (χ1n) is 8.11. The predicted octanol–water partition coefficient (Wildman–Crippen LogP) is 2.84. The Morgan fingerprint density at radius 1 is 1.04 bits per heavy atom. The zero-order valence-electron chi connectivity index (χ0n) is 14.6. The molecule has 0 heterocycles. The number of halogens is 3. The summed E-state index contributed by atoms with van der Waals surface area (Å²) in [4.78, 5) is 4.18. The summed E-state index contributed by atoms with van der Waals surface area (Å²) in [5, 5.41) is 5.72. The molecule has 0 atom stereocenters. The molecular weight excluding hydrogens is 379 g/mol. The Bertz CT molecular complexity index is 882. The summed E-state index contributed by atoms with van der Waals surface area (Å²) in [6.45, 7) is 0.231. The third-order valence-electron chi connectivity index (χ3n) is 3.70. The summed E-state index contributed by atoms with van der Waals surface area (Å²) in [5.74, 6) is 0.164. The fourth-order valence-corrected chi connectivity index (χ4v) is 3.49. The smallest absolute Gasteiger partial charge is 0.355 e. The van der Waals surface area contributed by atoms with Crippen LogP contribution in [0.1, 0.15) is 11.1 Å². The largest absolute Gasteiger partial charge is 0.416 e. The second-order valence-electron chi connectivity index (χ2n) is 5.68. The Morgan fingerprint density at radius 3 is 2.37 bits per heavy atom. The van der Waals surface area contributed by atoms with Crippen LogP contribution in [0, 0.1) is 0 Å². The van der Waals surface area contributed by atoms with Gasteiger partial charge in [-0.3, -0.25) is 4.99 Å². The Morgan fingerprint density at radius 2 is 1.74 bits per heavy atom. The minimum absolute atomic E-state index is 0.111. The highest BCUT2D eigenvalue weighted by Crippen LogP contribution is 2.29. The lowest BCUT2D eigenvalue weighted by atomic mass is 10.1. The molecule has 2 aromatic rings. The van der Waals surface area contributed by atoms with Gasteiger partial charge in [-0.15, -0.1) is 0 Å². The lowest BCUT2D eigenvalue weighted by molar-refractivity contribution is -0.137. The van der Waals surface area contributed by atoms with E-state index in [1.807, 2.05) is 0 Å². The van der Waals surface area contributed by atoms with Crippen LogP contribution in [0.25, 0.3) is 0 Å². The van der Waals surface area contributed by atoms with Crippen LogP contribution in [0.4, 0.5) is 13.2 Å². The van der Waals surface area contributed by atoms with E-state index in [0.29, 0.717) is 11.5 Å². The van der Waals surface area contributed by atoms with Gasteiger partial charge in [0.1, 0.15) is 0 Å². The first-order chi connectivity index (χ1) is 12.7. The van der Waals surface area contributed by atoms with Crippen molar-refractivity contribution in [3.05, 3.63) is 65.7 Å². The van der Waals surface area contributed by atoms with Crippen LogP contribution in [-0.2, 0) is 22.6 Å². The summed E-state index contributed by atoms with van der Waals surface area (Å²) in [6.07, 6.45) is -4.40. The summed E-state index contributed by atoms with van der Waals surface area (Å²) in [7, 11) is -1.93. The fraction of sp³-hybridized carbons (Fsp3) is 0.278. The quantitative estimate of drug-likeness (QED) is 0.579. The minimum atomic E-state index is -4.40. The number of benzene rings is 2. The highest BCUT2D eigenvalue weighted by Gasteiger charge is 2.30. The summed E-state index contributed by atoms with van der Waals surface area (Å²) < 4.78 is 62.6. The number of hydrogen-bond donors (Lipinski definition) is 2. The number of nitrogens with one attached hydrogen (secondary N) is 2. The van der Waals surface area contributed by atoms with Crippen LogP contribution in [-0.4, -0.2) is 33.7 Å². The molecule has 5 nitrogen and oxygen atoms in total. The molecule has 0 aliphatic rings. The molecule has 0 unspecified atom stereocenters. The van der Waals surface area contributed by atoms with Crippen LogP contribution < -0.4 is 10.6 Å². The predicted molar refractivity (Wildman–Crippen MR) is 98.1 cm³/mol. The van der Waals surface area contributed by atoms with Crippen LogP contribution in [0.15, 0.2) is 64.5 Å². The van der Waals surface area contributed by atoms with E-state index >= 15 is 0 Å². The summed E-state index contributed by atoms with van der Waals surface area (Å²) in [6, 6.07) is 13.0. The number of aliphatic imine (C=N–C) groups is 1. The lowest BCUT2D eigenvalue weighted by Crippen LogP contribution is -2.39. The summed E-state index contributed by atoms with van der Waals surface area (Å²) >= 11 is 0. The normalized spacial score (nSPS) is 12.7. The van der Waals surface area contributed by atoms with Crippen molar-refractivity contribution in [1.82, 2.24) is 10.6 Å². The minimum Gasteiger partial charge on any atom is -0.355 e. The molecule has 0 aliphatic carbocycles. The number of sulfone groups is 1. The van der Waals surface area contributed by atoms with Crippen molar-refractivity contribution in [3.8, 4) is 0 Å². The molecule has 0 spiro atoms. The van der Waals surface area contributed by atoms with Crippen LogP contribution in [0.5, 0.6) is 0 Å². The topological polar surface area (TPSA) is 70.6 Å². The van der Waals surface area contributed by atoms with Crippen LogP contribution in [0.3, 0.4) is 0 Å².